The molecule has 0 unspecified atom stereocenters. The lowest BCUT2D eigenvalue weighted by Crippen LogP contribution is -2.49. The van der Waals surface area contributed by atoms with Gasteiger partial charge in [0, 0.05) is 30.0 Å². The highest BCUT2D eigenvalue weighted by Gasteiger charge is 2.38. The SMILES string of the molecule is CN=C(NCCC(F)(F)F)NCC1(c2ccc(Br)cc2)CCC1. The monoisotopic (exact) mass is 391 g/mol. The van der Waals surface area contributed by atoms with Crippen LogP contribution < -0.4 is 10.6 Å². The Bertz CT molecular complexity index is 536. The molecular weight excluding hydrogens is 371 g/mol. The van der Waals surface area contributed by atoms with Gasteiger partial charge in [-0.1, -0.05) is 34.5 Å². The number of halogens is 4. The second-order valence-corrected chi connectivity index (χ2v) is 6.77. The maximum absolute atomic E-state index is 12.2. The predicted molar refractivity (Wildman–Crippen MR) is 89.7 cm³/mol. The second-order valence-electron chi connectivity index (χ2n) is 5.86. The number of rotatable bonds is 5. The normalized spacial score (nSPS) is 17.5. The van der Waals surface area contributed by atoms with Gasteiger partial charge in [0.25, 0.3) is 0 Å². The van der Waals surface area contributed by atoms with Crippen molar-refractivity contribution in [3.05, 3.63) is 34.3 Å². The summed E-state index contributed by atoms with van der Waals surface area (Å²) in [5.41, 5.74) is 1.30. The van der Waals surface area contributed by atoms with Gasteiger partial charge in [0.1, 0.15) is 0 Å². The van der Waals surface area contributed by atoms with Gasteiger partial charge in [-0.05, 0) is 30.5 Å². The molecule has 0 amide bonds. The molecule has 1 aliphatic rings. The zero-order valence-corrected chi connectivity index (χ0v) is 14.6. The number of guanidine groups is 1. The molecule has 1 aromatic carbocycles. The average Bonchev–Trinajstić information content (AvgIpc) is 2.44. The molecule has 1 aliphatic carbocycles. The van der Waals surface area contributed by atoms with E-state index in [1.54, 1.807) is 7.05 Å². The third kappa shape index (κ3) is 5.12. The summed E-state index contributed by atoms with van der Waals surface area (Å²) in [6.07, 6.45) is -1.72. The zero-order chi connectivity index (χ0) is 16.9. The van der Waals surface area contributed by atoms with E-state index in [9.17, 15) is 13.2 Å². The van der Waals surface area contributed by atoms with Crippen molar-refractivity contribution in [1.82, 2.24) is 10.6 Å². The lowest BCUT2D eigenvalue weighted by molar-refractivity contribution is -0.132. The van der Waals surface area contributed by atoms with Crippen molar-refractivity contribution in [3.8, 4) is 0 Å². The summed E-state index contributed by atoms with van der Waals surface area (Å²) < 4.78 is 37.6. The fourth-order valence-electron chi connectivity index (χ4n) is 2.77. The van der Waals surface area contributed by atoms with Crippen LogP contribution in [0.3, 0.4) is 0 Å². The topological polar surface area (TPSA) is 36.4 Å². The first-order valence-electron chi connectivity index (χ1n) is 7.62. The van der Waals surface area contributed by atoms with Gasteiger partial charge < -0.3 is 10.6 Å². The molecular formula is C16H21BrF3N3. The van der Waals surface area contributed by atoms with E-state index in [4.69, 9.17) is 0 Å². The van der Waals surface area contributed by atoms with Crippen LogP contribution in [0.2, 0.25) is 0 Å². The molecule has 0 bridgehead atoms. The first-order valence-corrected chi connectivity index (χ1v) is 8.41. The van der Waals surface area contributed by atoms with Gasteiger partial charge in [-0.2, -0.15) is 13.2 Å². The number of nitrogens with one attached hydrogen (secondary N) is 2. The Morgan fingerprint density at radius 1 is 1.22 bits per heavy atom. The third-order valence-electron chi connectivity index (χ3n) is 4.29. The zero-order valence-electron chi connectivity index (χ0n) is 13.0. The Morgan fingerprint density at radius 2 is 1.87 bits per heavy atom. The van der Waals surface area contributed by atoms with Gasteiger partial charge in [-0.15, -0.1) is 0 Å². The van der Waals surface area contributed by atoms with Crippen molar-refractivity contribution in [2.75, 3.05) is 20.1 Å². The Balaban J connectivity index is 1.90. The van der Waals surface area contributed by atoms with Crippen LogP contribution in [-0.4, -0.2) is 32.3 Å². The highest BCUT2D eigenvalue weighted by molar-refractivity contribution is 9.10. The third-order valence-corrected chi connectivity index (χ3v) is 4.81. The van der Waals surface area contributed by atoms with Gasteiger partial charge in [-0.25, -0.2) is 0 Å². The number of nitrogens with zero attached hydrogens (tertiary/aromatic N) is 1. The van der Waals surface area contributed by atoms with Crippen LogP contribution in [0.5, 0.6) is 0 Å². The van der Waals surface area contributed by atoms with E-state index in [0.717, 1.165) is 23.7 Å². The summed E-state index contributed by atoms with van der Waals surface area (Å²) in [4.78, 5) is 4.00. The Kier molecular flexibility index (Phi) is 5.95. The molecule has 0 aromatic heterocycles. The molecule has 0 spiro atoms. The Labute approximate surface area is 142 Å². The van der Waals surface area contributed by atoms with Gasteiger partial charge in [0.15, 0.2) is 5.96 Å². The highest BCUT2D eigenvalue weighted by atomic mass is 79.9. The van der Waals surface area contributed by atoms with Gasteiger partial charge in [0.05, 0.1) is 6.42 Å². The van der Waals surface area contributed by atoms with Crippen LogP contribution in [0.15, 0.2) is 33.7 Å². The van der Waals surface area contributed by atoms with Crippen molar-refractivity contribution >= 4 is 21.9 Å². The quantitative estimate of drug-likeness (QED) is 0.588. The summed E-state index contributed by atoms with van der Waals surface area (Å²) in [6, 6.07) is 8.24. The molecule has 128 valence electrons. The minimum Gasteiger partial charge on any atom is -0.356 e. The first-order chi connectivity index (χ1) is 10.8. The highest BCUT2D eigenvalue weighted by Crippen LogP contribution is 2.43. The summed E-state index contributed by atoms with van der Waals surface area (Å²) in [5, 5.41) is 5.89. The fourth-order valence-corrected chi connectivity index (χ4v) is 3.04. The van der Waals surface area contributed by atoms with Crippen LogP contribution in [0.1, 0.15) is 31.2 Å². The fraction of sp³-hybridized carbons (Fsp3) is 0.562. The van der Waals surface area contributed by atoms with Crippen LogP contribution in [0, 0.1) is 0 Å². The van der Waals surface area contributed by atoms with E-state index in [-0.39, 0.29) is 12.0 Å². The molecule has 0 saturated heterocycles. The van der Waals surface area contributed by atoms with Crippen molar-refractivity contribution in [1.29, 1.82) is 0 Å². The lowest BCUT2D eigenvalue weighted by Gasteiger charge is -2.43. The number of hydrogen-bond acceptors (Lipinski definition) is 1. The predicted octanol–water partition coefficient (Wildman–Crippen LogP) is 3.99. The molecule has 1 saturated carbocycles. The standard InChI is InChI=1S/C16H21BrF3N3/c1-21-14(22-10-9-16(18,19)20)23-11-15(7-2-8-15)12-3-5-13(17)6-4-12/h3-6H,2,7-11H2,1H3,(H2,21,22,23). The molecule has 0 radical (unpaired) electrons. The number of benzene rings is 1. The van der Waals surface area contributed by atoms with Crippen LogP contribution in [0.4, 0.5) is 13.2 Å². The summed E-state index contributed by atoms with van der Waals surface area (Å²) in [7, 11) is 1.57. The molecule has 1 fully saturated rings. The van der Waals surface area contributed by atoms with Gasteiger partial charge in [0.2, 0.25) is 0 Å². The van der Waals surface area contributed by atoms with E-state index in [1.165, 1.54) is 5.56 Å². The van der Waals surface area contributed by atoms with E-state index in [2.05, 4.69) is 43.7 Å². The molecule has 0 atom stereocenters. The number of alkyl halides is 3. The van der Waals surface area contributed by atoms with Crippen molar-refractivity contribution < 1.29 is 13.2 Å². The van der Waals surface area contributed by atoms with Crippen LogP contribution >= 0.6 is 15.9 Å². The largest absolute Gasteiger partial charge is 0.390 e. The molecule has 2 N–H and O–H groups in total. The summed E-state index contributed by atoms with van der Waals surface area (Å²) in [6.45, 7) is 0.495. The minimum absolute atomic E-state index is 0.0440. The maximum Gasteiger partial charge on any atom is 0.390 e. The van der Waals surface area contributed by atoms with E-state index >= 15 is 0 Å². The molecule has 2 rings (SSSR count). The first kappa shape index (κ1) is 18.1. The van der Waals surface area contributed by atoms with Crippen LogP contribution in [-0.2, 0) is 5.41 Å². The molecule has 0 aliphatic heterocycles. The minimum atomic E-state index is -4.15. The van der Waals surface area contributed by atoms with Crippen molar-refractivity contribution in [2.45, 2.75) is 37.3 Å². The Morgan fingerprint density at radius 3 is 2.35 bits per heavy atom. The lowest BCUT2D eigenvalue weighted by atomic mass is 9.64. The molecule has 0 heterocycles. The van der Waals surface area contributed by atoms with Crippen LogP contribution in [0.25, 0.3) is 0 Å². The van der Waals surface area contributed by atoms with E-state index < -0.39 is 12.6 Å². The summed E-state index contributed by atoms with van der Waals surface area (Å²) >= 11 is 3.43. The van der Waals surface area contributed by atoms with Crippen molar-refractivity contribution in [2.24, 2.45) is 4.99 Å². The second kappa shape index (κ2) is 7.55. The van der Waals surface area contributed by atoms with E-state index in [0.29, 0.717) is 12.5 Å². The Hall–Kier alpha value is -1.24. The number of aliphatic imine (C=N–C) groups is 1. The molecule has 3 nitrogen and oxygen atoms in total. The molecule has 1 aromatic rings. The molecule has 23 heavy (non-hydrogen) atoms. The number of hydrogen-bond donors (Lipinski definition) is 2. The average molecular weight is 392 g/mol. The van der Waals surface area contributed by atoms with Gasteiger partial charge >= 0.3 is 6.18 Å². The van der Waals surface area contributed by atoms with Crippen molar-refractivity contribution in [3.63, 3.8) is 0 Å². The molecule has 7 heteroatoms. The maximum atomic E-state index is 12.2. The van der Waals surface area contributed by atoms with Gasteiger partial charge in [-0.3, -0.25) is 4.99 Å². The van der Waals surface area contributed by atoms with E-state index in [1.807, 2.05) is 12.1 Å². The smallest absolute Gasteiger partial charge is 0.356 e. The summed E-state index contributed by atoms with van der Waals surface area (Å²) in [5.74, 6) is 0.414.